The third-order valence-electron chi connectivity index (χ3n) is 2.66. The van der Waals surface area contributed by atoms with Crippen LogP contribution in [0.1, 0.15) is 19.4 Å². The molecule has 1 aromatic rings. The number of hydrogen-bond donors (Lipinski definition) is 2. The average Bonchev–Trinajstić information content (AvgIpc) is 2.33. The van der Waals surface area contributed by atoms with Crippen LogP contribution in [0.4, 0.5) is 5.69 Å². The Labute approximate surface area is 117 Å². The van der Waals surface area contributed by atoms with E-state index in [2.05, 4.69) is 5.32 Å². The van der Waals surface area contributed by atoms with Crippen molar-refractivity contribution in [1.82, 2.24) is 5.32 Å². The molecule has 0 saturated heterocycles. The molecule has 0 saturated carbocycles. The highest BCUT2D eigenvalue weighted by molar-refractivity contribution is 5.80. The van der Waals surface area contributed by atoms with Crippen LogP contribution in [-0.4, -0.2) is 29.5 Å². The Balaban J connectivity index is 2.71. The van der Waals surface area contributed by atoms with Gasteiger partial charge in [0.2, 0.25) is 5.91 Å². The van der Waals surface area contributed by atoms with Crippen LogP contribution in [0.5, 0.6) is 5.75 Å². The number of aryl methyl sites for hydroxylation is 1. The van der Waals surface area contributed by atoms with Crippen LogP contribution < -0.4 is 15.8 Å². The molecule has 0 aromatic heterocycles. The fourth-order valence-corrected chi connectivity index (χ4v) is 1.72. The molecule has 0 heterocycles. The van der Waals surface area contributed by atoms with Gasteiger partial charge in [0.1, 0.15) is 18.4 Å². The predicted molar refractivity (Wildman–Crippen MR) is 74.6 cm³/mol. The average molecular weight is 281 g/mol. The lowest BCUT2D eigenvalue weighted by Crippen LogP contribution is -2.48. The molecule has 7 nitrogen and oxygen atoms in total. The Morgan fingerprint density at radius 2 is 2.15 bits per heavy atom. The molecule has 1 atom stereocenters. The third-order valence-corrected chi connectivity index (χ3v) is 2.66. The third kappa shape index (κ3) is 4.51. The first-order valence-corrected chi connectivity index (χ1v) is 6.24. The highest BCUT2D eigenvalue weighted by Crippen LogP contribution is 2.23. The standard InChI is InChI=1S/C13H19N3O4/c1-8(2)15-11(13(14)17)7-20-10-4-5-12(16(18)19)9(3)6-10/h4-6,8,11,15H,7H2,1-3H3,(H2,14,17). The van der Waals surface area contributed by atoms with Gasteiger partial charge in [-0.05, 0) is 19.1 Å². The van der Waals surface area contributed by atoms with E-state index in [1.165, 1.54) is 12.1 Å². The molecule has 0 aliphatic carbocycles. The molecule has 1 aromatic carbocycles. The number of nitrogens with one attached hydrogen (secondary N) is 1. The zero-order valence-corrected chi connectivity index (χ0v) is 11.8. The minimum Gasteiger partial charge on any atom is -0.491 e. The summed E-state index contributed by atoms with van der Waals surface area (Å²) in [7, 11) is 0. The maximum absolute atomic E-state index is 11.3. The Bertz CT molecular complexity index is 502. The largest absolute Gasteiger partial charge is 0.491 e. The van der Waals surface area contributed by atoms with Crippen molar-refractivity contribution in [2.24, 2.45) is 5.73 Å². The normalized spacial score (nSPS) is 12.2. The molecular weight excluding hydrogens is 262 g/mol. The minimum atomic E-state index is -0.606. The SMILES string of the molecule is Cc1cc(OCC(NC(C)C)C(N)=O)ccc1[N+](=O)[O-]. The van der Waals surface area contributed by atoms with Crippen molar-refractivity contribution < 1.29 is 14.5 Å². The molecule has 7 heteroatoms. The number of ether oxygens (including phenoxy) is 1. The maximum Gasteiger partial charge on any atom is 0.272 e. The highest BCUT2D eigenvalue weighted by Gasteiger charge is 2.17. The Kier molecular flexibility index (Phi) is 5.45. The monoisotopic (exact) mass is 281 g/mol. The smallest absolute Gasteiger partial charge is 0.272 e. The number of amides is 1. The van der Waals surface area contributed by atoms with Gasteiger partial charge >= 0.3 is 0 Å². The molecule has 20 heavy (non-hydrogen) atoms. The number of carbonyl (C=O) groups excluding carboxylic acids is 1. The maximum atomic E-state index is 11.3. The number of nitrogens with zero attached hydrogens (tertiary/aromatic N) is 1. The van der Waals surface area contributed by atoms with Gasteiger partial charge < -0.3 is 15.8 Å². The second-order valence-electron chi connectivity index (χ2n) is 4.79. The Morgan fingerprint density at radius 1 is 1.50 bits per heavy atom. The second kappa shape index (κ2) is 6.85. The molecule has 1 rings (SSSR count). The van der Waals surface area contributed by atoms with Gasteiger partial charge in [0.15, 0.2) is 0 Å². The fourth-order valence-electron chi connectivity index (χ4n) is 1.72. The molecule has 3 N–H and O–H groups in total. The molecule has 0 aliphatic rings. The van der Waals surface area contributed by atoms with Crippen molar-refractivity contribution in [3.63, 3.8) is 0 Å². The van der Waals surface area contributed by atoms with Gasteiger partial charge in [-0.1, -0.05) is 13.8 Å². The van der Waals surface area contributed by atoms with Crippen molar-refractivity contribution in [3.05, 3.63) is 33.9 Å². The first kappa shape index (κ1) is 15.9. The molecule has 1 unspecified atom stereocenters. The summed E-state index contributed by atoms with van der Waals surface area (Å²) in [5.41, 5.74) is 5.80. The zero-order chi connectivity index (χ0) is 15.3. The van der Waals surface area contributed by atoms with Crippen LogP contribution in [0, 0.1) is 17.0 Å². The molecule has 0 aliphatic heterocycles. The first-order valence-electron chi connectivity index (χ1n) is 6.24. The van der Waals surface area contributed by atoms with E-state index in [9.17, 15) is 14.9 Å². The molecule has 0 fully saturated rings. The van der Waals surface area contributed by atoms with E-state index in [4.69, 9.17) is 10.5 Å². The number of hydrogen-bond acceptors (Lipinski definition) is 5. The predicted octanol–water partition coefficient (Wildman–Crippen LogP) is 1.13. The summed E-state index contributed by atoms with van der Waals surface area (Å²) in [4.78, 5) is 21.5. The summed E-state index contributed by atoms with van der Waals surface area (Å²) in [6.45, 7) is 5.49. The Morgan fingerprint density at radius 3 is 2.60 bits per heavy atom. The Hall–Kier alpha value is -2.15. The van der Waals surface area contributed by atoms with Crippen molar-refractivity contribution in [3.8, 4) is 5.75 Å². The van der Waals surface area contributed by atoms with Crippen molar-refractivity contribution in [2.75, 3.05) is 6.61 Å². The van der Waals surface area contributed by atoms with Crippen LogP contribution >= 0.6 is 0 Å². The van der Waals surface area contributed by atoms with Crippen molar-refractivity contribution >= 4 is 11.6 Å². The van der Waals surface area contributed by atoms with E-state index in [0.717, 1.165) is 0 Å². The fraction of sp³-hybridized carbons (Fsp3) is 0.462. The molecule has 1 amide bonds. The number of primary amides is 1. The number of nitro groups is 1. The number of carbonyl (C=O) groups is 1. The molecule has 0 bridgehead atoms. The van der Waals surface area contributed by atoms with E-state index in [1.54, 1.807) is 13.0 Å². The van der Waals surface area contributed by atoms with E-state index < -0.39 is 16.9 Å². The number of nitro benzene ring substituents is 1. The number of nitrogens with two attached hydrogens (primary N) is 1. The summed E-state index contributed by atoms with van der Waals surface area (Å²) in [6, 6.07) is 3.92. The van der Waals surface area contributed by atoms with E-state index in [1.807, 2.05) is 13.8 Å². The van der Waals surface area contributed by atoms with Crippen LogP contribution in [0.3, 0.4) is 0 Å². The van der Waals surface area contributed by atoms with Gasteiger partial charge in [-0.25, -0.2) is 0 Å². The van der Waals surface area contributed by atoms with Crippen LogP contribution in [-0.2, 0) is 4.79 Å². The molecule has 0 radical (unpaired) electrons. The van der Waals surface area contributed by atoms with Gasteiger partial charge in [-0.15, -0.1) is 0 Å². The summed E-state index contributed by atoms with van der Waals surface area (Å²) < 4.78 is 5.46. The van der Waals surface area contributed by atoms with Crippen LogP contribution in [0.2, 0.25) is 0 Å². The van der Waals surface area contributed by atoms with E-state index in [0.29, 0.717) is 11.3 Å². The quantitative estimate of drug-likeness (QED) is 0.575. The number of benzene rings is 1. The van der Waals surface area contributed by atoms with Gasteiger partial charge in [-0.3, -0.25) is 14.9 Å². The number of rotatable bonds is 7. The molecule has 110 valence electrons. The van der Waals surface area contributed by atoms with Crippen LogP contribution in [0.15, 0.2) is 18.2 Å². The van der Waals surface area contributed by atoms with E-state index >= 15 is 0 Å². The lowest BCUT2D eigenvalue weighted by Gasteiger charge is -2.18. The van der Waals surface area contributed by atoms with Gasteiger partial charge in [0.25, 0.3) is 5.69 Å². The zero-order valence-electron chi connectivity index (χ0n) is 11.8. The summed E-state index contributed by atoms with van der Waals surface area (Å²) in [6.07, 6.45) is 0. The second-order valence-corrected chi connectivity index (χ2v) is 4.79. The van der Waals surface area contributed by atoms with Gasteiger partial charge in [0, 0.05) is 17.7 Å². The van der Waals surface area contributed by atoms with Gasteiger partial charge in [0.05, 0.1) is 4.92 Å². The van der Waals surface area contributed by atoms with Crippen molar-refractivity contribution in [1.29, 1.82) is 0 Å². The molecular formula is C13H19N3O4. The minimum absolute atomic E-state index is 0.0316. The lowest BCUT2D eigenvalue weighted by atomic mass is 10.2. The summed E-state index contributed by atoms with van der Waals surface area (Å²) in [5.74, 6) is -0.0396. The van der Waals surface area contributed by atoms with Crippen molar-refractivity contribution in [2.45, 2.75) is 32.9 Å². The first-order chi connectivity index (χ1) is 9.31. The molecule has 0 spiro atoms. The summed E-state index contributed by atoms with van der Waals surface area (Å²) in [5, 5.41) is 13.7. The summed E-state index contributed by atoms with van der Waals surface area (Å²) >= 11 is 0. The highest BCUT2D eigenvalue weighted by atomic mass is 16.6. The van der Waals surface area contributed by atoms with E-state index in [-0.39, 0.29) is 18.3 Å². The van der Waals surface area contributed by atoms with Crippen LogP contribution in [0.25, 0.3) is 0 Å². The van der Waals surface area contributed by atoms with Gasteiger partial charge in [-0.2, -0.15) is 0 Å². The lowest BCUT2D eigenvalue weighted by molar-refractivity contribution is -0.385. The topological polar surface area (TPSA) is 107 Å².